The first-order chi connectivity index (χ1) is 8.93. The lowest BCUT2D eigenvalue weighted by Gasteiger charge is -2.05. The summed E-state index contributed by atoms with van der Waals surface area (Å²) < 4.78 is 5.24. The second kappa shape index (κ2) is 6.74. The van der Waals surface area contributed by atoms with Gasteiger partial charge in [0.1, 0.15) is 5.75 Å². The average molecular weight is 286 g/mol. The Labute approximate surface area is 113 Å². The van der Waals surface area contributed by atoms with Crippen LogP contribution in [0.1, 0.15) is 21.0 Å². The molecule has 0 spiro atoms. The van der Waals surface area contributed by atoms with Crippen LogP contribution in [0.2, 0.25) is 0 Å². The molecule has 7 nitrogen and oxygen atoms in total. The minimum Gasteiger partial charge on any atom is -0.491 e. The molecule has 1 heterocycles. The van der Waals surface area contributed by atoms with Crippen LogP contribution >= 0.6 is 11.3 Å². The van der Waals surface area contributed by atoms with Crippen molar-refractivity contribution < 1.29 is 24.2 Å². The number of thiophene rings is 1. The van der Waals surface area contributed by atoms with Crippen LogP contribution in [-0.4, -0.2) is 36.7 Å². The molecule has 0 fully saturated rings. The molecule has 19 heavy (non-hydrogen) atoms. The molecule has 3 N–H and O–H groups in total. The third-order valence-corrected chi connectivity index (χ3v) is 3.10. The van der Waals surface area contributed by atoms with E-state index in [1.54, 1.807) is 13.0 Å². The molecular formula is C11H14N2O5S. The fourth-order valence-electron chi connectivity index (χ4n) is 1.25. The van der Waals surface area contributed by atoms with Gasteiger partial charge >= 0.3 is 12.0 Å². The Morgan fingerprint density at radius 3 is 2.68 bits per heavy atom. The minimum atomic E-state index is -1.07. The number of carbonyl (C=O) groups excluding carboxylic acids is 2. The van der Waals surface area contributed by atoms with Crippen LogP contribution in [0.15, 0.2) is 6.07 Å². The molecule has 0 aromatic carbocycles. The van der Waals surface area contributed by atoms with Crippen LogP contribution in [0, 0.1) is 6.92 Å². The molecule has 1 rings (SSSR count). The third kappa shape index (κ3) is 4.59. The molecule has 1 aromatic heterocycles. The number of rotatable bonds is 5. The summed E-state index contributed by atoms with van der Waals surface area (Å²) in [6.07, 6.45) is -0.0403. The van der Waals surface area contributed by atoms with Crippen LogP contribution in [0.5, 0.6) is 5.75 Å². The van der Waals surface area contributed by atoms with E-state index >= 15 is 0 Å². The number of carboxylic acids is 1. The topological polar surface area (TPSA) is 105 Å². The van der Waals surface area contributed by atoms with E-state index in [1.165, 1.54) is 7.05 Å². The van der Waals surface area contributed by atoms with Crippen LogP contribution in [0.25, 0.3) is 0 Å². The second-order valence-electron chi connectivity index (χ2n) is 3.58. The lowest BCUT2D eigenvalue weighted by molar-refractivity contribution is -0.120. The Kier molecular flexibility index (Phi) is 5.31. The standard InChI is InChI=1S/C11H14N2O5S/c1-6-5-7(9(19-6)10(15)16)18-4-3-8(14)13-11(17)12-2/h5H,3-4H2,1-2H3,(H,15,16)(H2,12,13,14,17). The highest BCUT2D eigenvalue weighted by Gasteiger charge is 2.15. The molecule has 0 saturated carbocycles. The van der Waals surface area contributed by atoms with Crippen molar-refractivity contribution in [2.45, 2.75) is 13.3 Å². The van der Waals surface area contributed by atoms with Gasteiger partial charge in [-0.1, -0.05) is 0 Å². The summed E-state index contributed by atoms with van der Waals surface area (Å²) in [4.78, 5) is 33.9. The molecule has 0 aliphatic carbocycles. The van der Waals surface area contributed by atoms with Gasteiger partial charge in [-0.2, -0.15) is 0 Å². The number of hydrogen-bond acceptors (Lipinski definition) is 5. The van der Waals surface area contributed by atoms with Crippen molar-refractivity contribution in [1.82, 2.24) is 10.6 Å². The Morgan fingerprint density at radius 2 is 2.11 bits per heavy atom. The predicted molar refractivity (Wildman–Crippen MR) is 68.7 cm³/mol. The highest BCUT2D eigenvalue weighted by Crippen LogP contribution is 2.28. The Bertz CT molecular complexity index is 497. The third-order valence-electron chi connectivity index (χ3n) is 2.08. The Hall–Kier alpha value is -2.09. The molecule has 3 amide bonds. The molecule has 0 saturated heterocycles. The lowest BCUT2D eigenvalue weighted by atomic mass is 10.4. The minimum absolute atomic E-state index is 0.000713. The molecule has 1 aromatic rings. The van der Waals surface area contributed by atoms with Crippen molar-refractivity contribution >= 4 is 29.2 Å². The van der Waals surface area contributed by atoms with Gasteiger partial charge in [0.2, 0.25) is 5.91 Å². The summed E-state index contributed by atoms with van der Waals surface area (Å²) in [5, 5.41) is 13.3. The second-order valence-corrected chi connectivity index (χ2v) is 4.84. The number of aromatic carboxylic acids is 1. The first-order valence-corrected chi connectivity index (χ1v) is 6.23. The highest BCUT2D eigenvalue weighted by atomic mass is 32.1. The average Bonchev–Trinajstić information content (AvgIpc) is 2.70. The van der Waals surface area contributed by atoms with Gasteiger partial charge in [0, 0.05) is 11.9 Å². The van der Waals surface area contributed by atoms with Gasteiger partial charge in [0.25, 0.3) is 0 Å². The van der Waals surface area contributed by atoms with Gasteiger partial charge < -0.3 is 15.2 Å². The summed E-state index contributed by atoms with van der Waals surface area (Å²) in [7, 11) is 1.40. The number of nitrogens with one attached hydrogen (secondary N) is 2. The van der Waals surface area contributed by atoms with Gasteiger partial charge in [0.15, 0.2) is 4.88 Å². The van der Waals surface area contributed by atoms with E-state index in [2.05, 4.69) is 10.6 Å². The summed E-state index contributed by atoms with van der Waals surface area (Å²) in [5.41, 5.74) is 0. The van der Waals surface area contributed by atoms with E-state index in [0.717, 1.165) is 16.2 Å². The van der Waals surface area contributed by atoms with Crippen LogP contribution in [-0.2, 0) is 4.79 Å². The number of urea groups is 1. The fourth-order valence-corrected chi connectivity index (χ4v) is 2.05. The van der Waals surface area contributed by atoms with Crippen LogP contribution in [0.3, 0.4) is 0 Å². The number of amides is 3. The SMILES string of the molecule is CNC(=O)NC(=O)CCOc1cc(C)sc1C(=O)O. The van der Waals surface area contributed by atoms with Gasteiger partial charge in [-0.3, -0.25) is 10.1 Å². The van der Waals surface area contributed by atoms with E-state index in [9.17, 15) is 14.4 Å². The maximum absolute atomic E-state index is 11.3. The van der Waals surface area contributed by atoms with E-state index in [-0.39, 0.29) is 23.7 Å². The summed E-state index contributed by atoms with van der Waals surface area (Å²) in [5.74, 6) is -1.33. The molecule has 0 radical (unpaired) electrons. The van der Waals surface area contributed by atoms with Gasteiger partial charge in [-0.25, -0.2) is 9.59 Å². The van der Waals surface area contributed by atoms with Crippen LogP contribution < -0.4 is 15.4 Å². The number of hydrogen-bond donors (Lipinski definition) is 3. The number of carbonyl (C=O) groups is 3. The lowest BCUT2D eigenvalue weighted by Crippen LogP contribution is -2.37. The monoisotopic (exact) mass is 286 g/mol. The zero-order chi connectivity index (χ0) is 14.4. The van der Waals surface area contributed by atoms with Gasteiger partial charge in [0.05, 0.1) is 13.0 Å². The summed E-state index contributed by atoms with van der Waals surface area (Å²) in [6, 6.07) is 1.01. The molecule has 104 valence electrons. The highest BCUT2D eigenvalue weighted by molar-refractivity contribution is 7.14. The number of carboxylic acid groups (broad SMARTS) is 1. The predicted octanol–water partition coefficient (Wildman–Crippen LogP) is 0.979. The van der Waals surface area contributed by atoms with Crippen molar-refractivity contribution in [2.24, 2.45) is 0 Å². The summed E-state index contributed by atoms with van der Waals surface area (Å²) in [6.45, 7) is 1.77. The fraction of sp³-hybridized carbons (Fsp3) is 0.364. The zero-order valence-electron chi connectivity index (χ0n) is 10.5. The molecule has 0 aliphatic heterocycles. The first kappa shape index (κ1) is 15.0. The largest absolute Gasteiger partial charge is 0.491 e. The Balaban J connectivity index is 2.47. The maximum atomic E-state index is 11.3. The Morgan fingerprint density at radius 1 is 1.42 bits per heavy atom. The molecule has 0 bridgehead atoms. The first-order valence-electron chi connectivity index (χ1n) is 5.42. The van der Waals surface area contributed by atoms with Gasteiger partial charge in [-0.05, 0) is 13.0 Å². The van der Waals surface area contributed by atoms with E-state index < -0.39 is 17.9 Å². The van der Waals surface area contributed by atoms with Crippen molar-refractivity contribution in [3.8, 4) is 5.75 Å². The van der Waals surface area contributed by atoms with Crippen molar-refractivity contribution in [1.29, 1.82) is 0 Å². The quantitative estimate of drug-likeness (QED) is 0.748. The molecule has 0 unspecified atom stereocenters. The van der Waals surface area contributed by atoms with Crippen LogP contribution in [0.4, 0.5) is 4.79 Å². The number of ether oxygens (including phenoxy) is 1. The molecule has 0 atom stereocenters. The van der Waals surface area contributed by atoms with Gasteiger partial charge in [-0.15, -0.1) is 11.3 Å². The normalized spacial score (nSPS) is 9.79. The van der Waals surface area contributed by atoms with E-state index in [0.29, 0.717) is 0 Å². The molecule has 0 aliphatic rings. The van der Waals surface area contributed by atoms with Crippen molar-refractivity contribution in [2.75, 3.05) is 13.7 Å². The van der Waals surface area contributed by atoms with E-state index in [1.807, 2.05) is 0 Å². The van der Waals surface area contributed by atoms with Crippen molar-refractivity contribution in [3.05, 3.63) is 15.8 Å². The zero-order valence-corrected chi connectivity index (χ0v) is 11.3. The summed E-state index contributed by atoms with van der Waals surface area (Å²) >= 11 is 1.11. The molecular weight excluding hydrogens is 272 g/mol. The molecule has 8 heteroatoms. The van der Waals surface area contributed by atoms with Crippen molar-refractivity contribution in [3.63, 3.8) is 0 Å². The maximum Gasteiger partial charge on any atom is 0.349 e. The smallest absolute Gasteiger partial charge is 0.349 e. The number of imide groups is 1. The van der Waals surface area contributed by atoms with E-state index in [4.69, 9.17) is 9.84 Å². The number of aryl methyl sites for hydroxylation is 1.